The molecular formula is C7H5NOS. The highest BCUT2D eigenvalue weighted by Crippen LogP contribution is 2.12. The van der Waals surface area contributed by atoms with Crippen LogP contribution in [0.15, 0.2) is 11.4 Å². The fraction of sp³-hybridized carbons (Fsp3) is 0.143. The Morgan fingerprint density at radius 2 is 2.60 bits per heavy atom. The lowest BCUT2D eigenvalue weighted by molar-refractivity contribution is -0.107. The minimum atomic E-state index is 0.423. The number of rotatable bonds is 2. The van der Waals surface area contributed by atoms with Crippen LogP contribution in [0.3, 0.4) is 0 Å². The second-order valence-corrected chi connectivity index (χ2v) is 2.78. The van der Waals surface area contributed by atoms with Gasteiger partial charge >= 0.3 is 0 Å². The third-order valence-electron chi connectivity index (χ3n) is 1.07. The molecule has 0 unspecified atom stereocenters. The molecule has 1 aromatic heterocycles. The topological polar surface area (TPSA) is 40.9 Å². The van der Waals surface area contributed by atoms with E-state index < -0.39 is 0 Å². The number of nitrogens with zero attached hydrogens (tertiary/aromatic N) is 1. The summed E-state index contributed by atoms with van der Waals surface area (Å²) in [7, 11) is 0. The van der Waals surface area contributed by atoms with Crippen LogP contribution in [0.2, 0.25) is 0 Å². The van der Waals surface area contributed by atoms with Gasteiger partial charge in [-0.2, -0.15) is 5.26 Å². The molecule has 0 amide bonds. The molecule has 0 aliphatic rings. The van der Waals surface area contributed by atoms with Gasteiger partial charge in [-0.1, -0.05) is 0 Å². The summed E-state index contributed by atoms with van der Waals surface area (Å²) in [5, 5.41) is 10.1. The van der Waals surface area contributed by atoms with Crippen LogP contribution in [0.1, 0.15) is 10.4 Å². The van der Waals surface area contributed by atoms with Crippen molar-refractivity contribution in [2.75, 3.05) is 0 Å². The predicted octanol–water partition coefficient (Wildman–Crippen LogP) is 1.36. The molecule has 0 aliphatic heterocycles. The minimum absolute atomic E-state index is 0.423. The Labute approximate surface area is 62.7 Å². The van der Waals surface area contributed by atoms with Crippen LogP contribution in [0.4, 0.5) is 0 Å². The zero-order chi connectivity index (χ0) is 7.40. The molecule has 0 radical (unpaired) electrons. The molecule has 0 bridgehead atoms. The van der Waals surface area contributed by atoms with Gasteiger partial charge < -0.3 is 4.79 Å². The van der Waals surface area contributed by atoms with Crippen LogP contribution < -0.4 is 0 Å². The Balaban J connectivity index is 2.80. The average Bonchev–Trinajstić information content (AvgIpc) is 2.37. The summed E-state index contributed by atoms with van der Waals surface area (Å²) in [4.78, 5) is 10.9. The molecule has 3 heteroatoms. The first kappa shape index (κ1) is 6.97. The number of thiophene rings is 1. The van der Waals surface area contributed by atoms with E-state index in [4.69, 9.17) is 5.26 Å². The Morgan fingerprint density at radius 3 is 3.10 bits per heavy atom. The van der Waals surface area contributed by atoms with Crippen molar-refractivity contribution in [3.63, 3.8) is 0 Å². The number of aldehydes is 1. The van der Waals surface area contributed by atoms with Crippen LogP contribution in [0, 0.1) is 11.3 Å². The van der Waals surface area contributed by atoms with Crippen molar-refractivity contribution in [3.05, 3.63) is 21.9 Å². The number of nitriles is 1. The maximum Gasteiger partial charge on any atom is 0.125 e. The quantitative estimate of drug-likeness (QED) is 0.599. The predicted molar refractivity (Wildman–Crippen MR) is 38.8 cm³/mol. The summed E-state index contributed by atoms with van der Waals surface area (Å²) in [6.07, 6.45) is 1.26. The van der Waals surface area contributed by atoms with Gasteiger partial charge in [0.25, 0.3) is 0 Å². The second-order valence-electron chi connectivity index (χ2n) is 1.78. The van der Waals surface area contributed by atoms with Crippen LogP contribution in [-0.4, -0.2) is 6.29 Å². The SMILES string of the molecule is N#Cc1csc(CC=O)c1. The third-order valence-corrected chi connectivity index (χ3v) is 2.03. The van der Waals surface area contributed by atoms with E-state index in [1.807, 2.05) is 6.07 Å². The molecule has 10 heavy (non-hydrogen) atoms. The van der Waals surface area contributed by atoms with Gasteiger partial charge in [0.1, 0.15) is 12.4 Å². The van der Waals surface area contributed by atoms with Gasteiger partial charge in [0.15, 0.2) is 0 Å². The molecular weight excluding hydrogens is 146 g/mol. The van der Waals surface area contributed by atoms with Gasteiger partial charge in [-0.25, -0.2) is 0 Å². The van der Waals surface area contributed by atoms with E-state index >= 15 is 0 Å². The molecule has 2 nitrogen and oxygen atoms in total. The van der Waals surface area contributed by atoms with Crippen molar-refractivity contribution in [3.8, 4) is 6.07 Å². The standard InChI is InChI=1S/C7H5NOS/c8-4-6-3-7(1-2-9)10-5-6/h2-3,5H,1H2. The highest BCUT2D eigenvalue weighted by atomic mass is 32.1. The smallest absolute Gasteiger partial charge is 0.125 e. The average molecular weight is 151 g/mol. The van der Waals surface area contributed by atoms with Gasteiger partial charge in [0.2, 0.25) is 0 Å². The summed E-state index contributed by atoms with van der Waals surface area (Å²) in [5.74, 6) is 0. The first-order valence-electron chi connectivity index (χ1n) is 2.78. The van der Waals surface area contributed by atoms with E-state index in [-0.39, 0.29) is 0 Å². The number of hydrogen-bond acceptors (Lipinski definition) is 3. The van der Waals surface area contributed by atoms with E-state index in [1.54, 1.807) is 11.4 Å². The van der Waals surface area contributed by atoms with Gasteiger partial charge in [0.05, 0.1) is 5.56 Å². The van der Waals surface area contributed by atoms with E-state index in [2.05, 4.69) is 0 Å². The normalized spacial score (nSPS) is 8.70. The summed E-state index contributed by atoms with van der Waals surface area (Å²) in [6.45, 7) is 0. The van der Waals surface area contributed by atoms with Gasteiger partial charge in [-0.3, -0.25) is 0 Å². The maximum absolute atomic E-state index is 10.00. The first-order chi connectivity index (χ1) is 4.86. The molecule has 0 spiro atoms. The molecule has 1 heterocycles. The summed E-state index contributed by atoms with van der Waals surface area (Å²) in [5.41, 5.74) is 0.641. The summed E-state index contributed by atoms with van der Waals surface area (Å²) < 4.78 is 0. The molecule has 0 aromatic carbocycles. The molecule has 0 saturated carbocycles. The summed E-state index contributed by atoms with van der Waals surface area (Å²) in [6, 6.07) is 3.74. The summed E-state index contributed by atoms with van der Waals surface area (Å²) >= 11 is 1.44. The molecule has 0 fully saturated rings. The van der Waals surface area contributed by atoms with E-state index in [0.717, 1.165) is 11.2 Å². The van der Waals surface area contributed by atoms with Crippen LogP contribution >= 0.6 is 11.3 Å². The zero-order valence-electron chi connectivity index (χ0n) is 5.20. The third kappa shape index (κ3) is 1.42. The minimum Gasteiger partial charge on any atom is -0.303 e. The Hall–Kier alpha value is -1.14. The van der Waals surface area contributed by atoms with Crippen LogP contribution in [-0.2, 0) is 11.2 Å². The van der Waals surface area contributed by atoms with Gasteiger partial charge in [-0.15, -0.1) is 11.3 Å². The van der Waals surface area contributed by atoms with Crippen molar-refractivity contribution >= 4 is 17.6 Å². The fourth-order valence-electron chi connectivity index (χ4n) is 0.628. The van der Waals surface area contributed by atoms with E-state index in [9.17, 15) is 4.79 Å². The Morgan fingerprint density at radius 1 is 1.80 bits per heavy atom. The zero-order valence-corrected chi connectivity index (χ0v) is 6.02. The maximum atomic E-state index is 10.00. The number of hydrogen-bond donors (Lipinski definition) is 0. The molecule has 0 atom stereocenters. The molecule has 1 aromatic rings. The monoisotopic (exact) mass is 151 g/mol. The molecule has 50 valence electrons. The van der Waals surface area contributed by atoms with E-state index in [0.29, 0.717) is 12.0 Å². The van der Waals surface area contributed by atoms with E-state index in [1.165, 1.54) is 11.3 Å². The Kier molecular flexibility index (Phi) is 2.19. The molecule has 0 N–H and O–H groups in total. The van der Waals surface area contributed by atoms with Crippen molar-refractivity contribution in [1.29, 1.82) is 5.26 Å². The van der Waals surface area contributed by atoms with Crippen LogP contribution in [0.25, 0.3) is 0 Å². The lowest BCUT2D eigenvalue weighted by atomic mass is 10.3. The highest BCUT2D eigenvalue weighted by Gasteiger charge is 1.96. The largest absolute Gasteiger partial charge is 0.303 e. The van der Waals surface area contributed by atoms with Gasteiger partial charge in [-0.05, 0) is 6.07 Å². The second kappa shape index (κ2) is 3.14. The lowest BCUT2D eigenvalue weighted by Crippen LogP contribution is -1.77. The molecule has 1 rings (SSSR count). The van der Waals surface area contributed by atoms with Crippen LogP contribution in [0.5, 0.6) is 0 Å². The number of carbonyl (C=O) groups is 1. The van der Waals surface area contributed by atoms with Crippen molar-refractivity contribution in [1.82, 2.24) is 0 Å². The molecule has 0 aliphatic carbocycles. The first-order valence-corrected chi connectivity index (χ1v) is 3.66. The van der Waals surface area contributed by atoms with Crippen molar-refractivity contribution < 1.29 is 4.79 Å². The lowest BCUT2D eigenvalue weighted by Gasteiger charge is -1.78. The van der Waals surface area contributed by atoms with Gasteiger partial charge in [0, 0.05) is 16.7 Å². The van der Waals surface area contributed by atoms with Crippen molar-refractivity contribution in [2.24, 2.45) is 0 Å². The fourth-order valence-corrected chi connectivity index (χ4v) is 1.39. The van der Waals surface area contributed by atoms with Crippen molar-refractivity contribution in [2.45, 2.75) is 6.42 Å². The Bertz CT molecular complexity index is 271. The molecule has 0 saturated heterocycles. The number of carbonyl (C=O) groups excluding carboxylic acids is 1. The highest BCUT2D eigenvalue weighted by molar-refractivity contribution is 7.10.